The fourth-order valence-electron chi connectivity index (χ4n) is 3.77. The molecule has 134 valence electrons. The topological polar surface area (TPSA) is 69.7 Å². The Labute approximate surface area is 146 Å². The molecule has 0 radical (unpaired) electrons. The normalized spacial score (nSPS) is 19.6. The van der Waals surface area contributed by atoms with E-state index in [1.54, 1.807) is 14.0 Å². The molecule has 1 spiro atoms. The summed E-state index contributed by atoms with van der Waals surface area (Å²) in [5, 5.41) is 2.64. The van der Waals surface area contributed by atoms with Crippen molar-refractivity contribution >= 4 is 23.5 Å². The number of nitrogens with zero attached hydrogens (tertiary/aromatic N) is 2. The summed E-state index contributed by atoms with van der Waals surface area (Å²) >= 11 is 0. The fraction of sp³-hybridized carbons (Fsp3) is 0.500. The van der Waals surface area contributed by atoms with Crippen molar-refractivity contribution < 1.29 is 18.8 Å². The Morgan fingerprint density at radius 1 is 1.24 bits per heavy atom. The highest BCUT2D eigenvalue weighted by Crippen LogP contribution is 2.39. The lowest BCUT2D eigenvalue weighted by molar-refractivity contribution is -0.136. The van der Waals surface area contributed by atoms with Gasteiger partial charge in [-0.2, -0.15) is 0 Å². The van der Waals surface area contributed by atoms with E-state index in [0.29, 0.717) is 24.1 Å². The van der Waals surface area contributed by atoms with Crippen molar-refractivity contribution in [3.05, 3.63) is 29.6 Å². The first kappa shape index (κ1) is 17.4. The van der Waals surface area contributed by atoms with Crippen LogP contribution >= 0.6 is 0 Å². The number of aryl methyl sites for hydroxylation is 1. The summed E-state index contributed by atoms with van der Waals surface area (Å²) < 4.78 is 13.1. The minimum absolute atomic E-state index is 0.286. The lowest BCUT2D eigenvalue weighted by Gasteiger charge is -2.35. The summed E-state index contributed by atoms with van der Waals surface area (Å²) in [5.41, 5.74) is 0.251. The maximum atomic E-state index is 13.1. The molecule has 2 fully saturated rings. The fourth-order valence-corrected chi connectivity index (χ4v) is 3.77. The van der Waals surface area contributed by atoms with Gasteiger partial charge < -0.3 is 10.2 Å². The third kappa shape index (κ3) is 2.99. The Kier molecular flexibility index (Phi) is 4.49. The monoisotopic (exact) mass is 347 g/mol. The second-order valence-electron chi connectivity index (χ2n) is 6.83. The predicted octanol–water partition coefficient (Wildman–Crippen LogP) is 2.67. The lowest BCUT2D eigenvalue weighted by atomic mass is 9.81. The van der Waals surface area contributed by atoms with Gasteiger partial charge in [0.05, 0.1) is 0 Å². The lowest BCUT2D eigenvalue weighted by Crippen LogP contribution is -2.49. The summed E-state index contributed by atoms with van der Waals surface area (Å²) in [6, 6.07) is 3.59. The molecule has 0 aromatic heterocycles. The third-order valence-electron chi connectivity index (χ3n) is 5.25. The molecule has 0 unspecified atom stereocenters. The number of anilines is 1. The second-order valence-corrected chi connectivity index (χ2v) is 6.83. The molecule has 6 nitrogen and oxygen atoms in total. The minimum atomic E-state index is -0.790. The van der Waals surface area contributed by atoms with Gasteiger partial charge in [-0.1, -0.05) is 19.3 Å². The average Bonchev–Trinajstić information content (AvgIpc) is 2.75. The standard InChI is InChI=1S/C18H22FN3O3/c1-12-10-13(19)6-7-14(12)20-15(23)11-22-16(24)18(21(2)17(22)25)8-4-3-5-9-18/h6-7,10H,3-5,8-9,11H2,1-2H3,(H,20,23). The minimum Gasteiger partial charge on any atom is -0.324 e. The van der Waals surface area contributed by atoms with Crippen LogP contribution < -0.4 is 5.32 Å². The van der Waals surface area contributed by atoms with Gasteiger partial charge in [-0.3, -0.25) is 14.5 Å². The number of halogens is 1. The number of benzene rings is 1. The zero-order valence-corrected chi connectivity index (χ0v) is 14.5. The van der Waals surface area contributed by atoms with E-state index in [1.165, 1.54) is 23.1 Å². The molecule has 7 heteroatoms. The number of likely N-dealkylation sites (N-methyl/N-ethyl adjacent to an activating group) is 1. The number of imide groups is 1. The van der Waals surface area contributed by atoms with Crippen molar-refractivity contribution in [3.8, 4) is 0 Å². The largest absolute Gasteiger partial charge is 0.327 e. The van der Waals surface area contributed by atoms with Crippen LogP contribution in [0, 0.1) is 12.7 Å². The quantitative estimate of drug-likeness (QED) is 0.855. The zero-order valence-electron chi connectivity index (χ0n) is 14.5. The van der Waals surface area contributed by atoms with Crippen molar-refractivity contribution in [3.63, 3.8) is 0 Å². The SMILES string of the molecule is Cc1cc(F)ccc1NC(=O)CN1C(=O)N(C)C2(CCCCC2)C1=O. The molecule has 2 aliphatic rings. The maximum Gasteiger partial charge on any atom is 0.327 e. The Bertz CT molecular complexity index is 728. The van der Waals surface area contributed by atoms with Crippen molar-refractivity contribution in [1.29, 1.82) is 0 Å². The number of hydrogen-bond donors (Lipinski definition) is 1. The van der Waals surface area contributed by atoms with E-state index in [-0.39, 0.29) is 18.3 Å². The van der Waals surface area contributed by atoms with Crippen LogP contribution in [0.3, 0.4) is 0 Å². The van der Waals surface area contributed by atoms with Crippen molar-refractivity contribution in [1.82, 2.24) is 9.80 Å². The van der Waals surface area contributed by atoms with Gasteiger partial charge in [-0.05, 0) is 43.5 Å². The van der Waals surface area contributed by atoms with Crippen molar-refractivity contribution in [2.45, 2.75) is 44.6 Å². The van der Waals surface area contributed by atoms with Crippen LogP contribution in [0.15, 0.2) is 18.2 Å². The van der Waals surface area contributed by atoms with E-state index in [4.69, 9.17) is 0 Å². The summed E-state index contributed by atoms with van der Waals surface area (Å²) in [4.78, 5) is 40.1. The van der Waals surface area contributed by atoms with Gasteiger partial charge in [0.2, 0.25) is 5.91 Å². The van der Waals surface area contributed by atoms with Gasteiger partial charge in [0, 0.05) is 12.7 Å². The molecule has 1 aliphatic heterocycles. The summed E-state index contributed by atoms with van der Waals surface area (Å²) in [5.74, 6) is -1.15. The molecule has 1 saturated heterocycles. The summed E-state index contributed by atoms with van der Waals surface area (Å²) in [7, 11) is 1.63. The van der Waals surface area contributed by atoms with Crippen LogP contribution in [-0.2, 0) is 9.59 Å². The van der Waals surface area contributed by atoms with Gasteiger partial charge in [0.15, 0.2) is 0 Å². The van der Waals surface area contributed by atoms with Crippen molar-refractivity contribution in [2.24, 2.45) is 0 Å². The Hall–Kier alpha value is -2.44. The molecular formula is C18H22FN3O3. The predicted molar refractivity (Wildman–Crippen MR) is 90.5 cm³/mol. The number of urea groups is 1. The molecule has 1 aliphatic carbocycles. The number of amides is 4. The molecular weight excluding hydrogens is 325 g/mol. The van der Waals surface area contributed by atoms with Crippen molar-refractivity contribution in [2.75, 3.05) is 18.9 Å². The van der Waals surface area contributed by atoms with Crippen LogP contribution in [0.25, 0.3) is 0 Å². The highest BCUT2D eigenvalue weighted by atomic mass is 19.1. The summed E-state index contributed by atoms with van der Waals surface area (Å²) in [6.45, 7) is 1.34. The van der Waals surface area contributed by atoms with E-state index < -0.39 is 17.5 Å². The van der Waals surface area contributed by atoms with Crippen LogP contribution in [0.1, 0.15) is 37.7 Å². The Balaban J connectivity index is 1.72. The molecule has 0 atom stereocenters. The summed E-state index contributed by atoms with van der Waals surface area (Å²) in [6.07, 6.45) is 4.14. The number of carbonyl (C=O) groups excluding carboxylic acids is 3. The highest BCUT2D eigenvalue weighted by Gasteiger charge is 2.55. The molecule has 1 N–H and O–H groups in total. The second kappa shape index (κ2) is 6.46. The van der Waals surface area contributed by atoms with Crippen LogP contribution in [0.5, 0.6) is 0 Å². The molecule has 4 amide bonds. The molecule has 1 heterocycles. The molecule has 1 saturated carbocycles. The number of hydrogen-bond acceptors (Lipinski definition) is 3. The van der Waals surface area contributed by atoms with Crippen LogP contribution in [0.2, 0.25) is 0 Å². The van der Waals surface area contributed by atoms with Gasteiger partial charge in [-0.15, -0.1) is 0 Å². The molecule has 3 rings (SSSR count). The third-order valence-corrected chi connectivity index (χ3v) is 5.25. The van der Waals surface area contributed by atoms with E-state index in [1.807, 2.05) is 0 Å². The smallest absolute Gasteiger partial charge is 0.324 e. The first-order valence-electron chi connectivity index (χ1n) is 8.51. The van der Waals surface area contributed by atoms with E-state index in [0.717, 1.165) is 24.2 Å². The van der Waals surface area contributed by atoms with E-state index >= 15 is 0 Å². The van der Waals surface area contributed by atoms with Crippen LogP contribution in [0.4, 0.5) is 14.9 Å². The van der Waals surface area contributed by atoms with Gasteiger partial charge >= 0.3 is 6.03 Å². The first-order valence-corrected chi connectivity index (χ1v) is 8.51. The molecule has 0 bridgehead atoms. The van der Waals surface area contributed by atoms with E-state index in [2.05, 4.69) is 5.32 Å². The molecule has 1 aromatic rings. The Morgan fingerprint density at radius 3 is 2.56 bits per heavy atom. The maximum absolute atomic E-state index is 13.1. The molecule has 1 aromatic carbocycles. The Morgan fingerprint density at radius 2 is 1.92 bits per heavy atom. The van der Waals surface area contributed by atoms with Gasteiger partial charge in [-0.25, -0.2) is 9.18 Å². The van der Waals surface area contributed by atoms with Gasteiger partial charge in [0.25, 0.3) is 5.91 Å². The molecule has 25 heavy (non-hydrogen) atoms. The first-order chi connectivity index (χ1) is 11.8. The van der Waals surface area contributed by atoms with Gasteiger partial charge in [0.1, 0.15) is 17.9 Å². The zero-order chi connectivity index (χ0) is 18.2. The van der Waals surface area contributed by atoms with E-state index in [9.17, 15) is 18.8 Å². The number of nitrogens with one attached hydrogen (secondary N) is 1. The number of carbonyl (C=O) groups is 3. The highest BCUT2D eigenvalue weighted by molar-refractivity contribution is 6.10. The van der Waals surface area contributed by atoms with Crippen LogP contribution in [-0.4, -0.2) is 46.8 Å². The number of rotatable bonds is 3. The average molecular weight is 347 g/mol.